The average Bonchev–Trinajstić information content (AvgIpc) is 2.98. The van der Waals surface area contributed by atoms with Crippen molar-refractivity contribution >= 4 is 11.8 Å². The van der Waals surface area contributed by atoms with Crippen molar-refractivity contribution in [3.05, 3.63) is 124 Å². The molecule has 0 fully saturated rings. The molecule has 1 N–H and O–H groups in total. The maximum atomic E-state index is 13.9. The SMILES string of the molecule is CCOCCOC(=O)C1=C(C)NC2=C(C(=O)C[C@H](c3ccccc3)C2)[C@H]1c1ccccc1OCc1ccccc1. The van der Waals surface area contributed by atoms with Crippen LogP contribution in [0.3, 0.4) is 0 Å². The van der Waals surface area contributed by atoms with Crippen molar-refractivity contribution in [3.63, 3.8) is 0 Å². The molecule has 0 spiro atoms. The zero-order chi connectivity index (χ0) is 27.9. The fourth-order valence-corrected chi connectivity index (χ4v) is 5.58. The first-order valence-corrected chi connectivity index (χ1v) is 13.9. The number of carbonyl (C=O) groups is 2. The second kappa shape index (κ2) is 12.8. The number of esters is 1. The van der Waals surface area contributed by atoms with Crippen molar-refractivity contribution in [2.45, 2.75) is 45.1 Å². The summed E-state index contributed by atoms with van der Waals surface area (Å²) in [4.78, 5) is 27.5. The second-order valence-corrected chi connectivity index (χ2v) is 10.1. The fraction of sp³-hybridized carbons (Fsp3) is 0.294. The van der Waals surface area contributed by atoms with Crippen LogP contribution in [0.1, 0.15) is 55.2 Å². The first-order chi connectivity index (χ1) is 19.6. The second-order valence-electron chi connectivity index (χ2n) is 10.1. The highest BCUT2D eigenvalue weighted by atomic mass is 16.6. The summed E-state index contributed by atoms with van der Waals surface area (Å²) in [6.07, 6.45) is 1.05. The Bertz CT molecular complexity index is 1410. The molecule has 2 atom stereocenters. The van der Waals surface area contributed by atoms with Crippen LogP contribution in [0, 0.1) is 0 Å². The van der Waals surface area contributed by atoms with Crippen LogP contribution in [0.15, 0.2) is 107 Å². The number of ether oxygens (including phenoxy) is 3. The summed E-state index contributed by atoms with van der Waals surface area (Å²) < 4.78 is 17.3. The standard InChI is InChI=1S/C34H35NO5/c1-3-38-18-19-39-34(37)31-23(2)35-28-20-26(25-14-8-5-9-15-25)21-29(36)33(28)32(31)27-16-10-11-17-30(27)40-22-24-12-6-4-7-13-24/h4-17,26,32,35H,3,18-22H2,1-2H3/t26-,32+/m1/s1. The number of allylic oxidation sites excluding steroid dienone is 3. The Morgan fingerprint density at radius 3 is 2.35 bits per heavy atom. The molecular weight excluding hydrogens is 502 g/mol. The summed E-state index contributed by atoms with van der Waals surface area (Å²) in [7, 11) is 0. The Morgan fingerprint density at radius 2 is 1.60 bits per heavy atom. The fourth-order valence-electron chi connectivity index (χ4n) is 5.58. The molecule has 3 aromatic rings. The molecule has 206 valence electrons. The smallest absolute Gasteiger partial charge is 0.336 e. The van der Waals surface area contributed by atoms with Crippen LogP contribution in [0.4, 0.5) is 0 Å². The predicted molar refractivity (Wildman–Crippen MR) is 154 cm³/mol. The Balaban J connectivity index is 1.53. The van der Waals surface area contributed by atoms with Gasteiger partial charge in [-0.2, -0.15) is 0 Å². The number of hydrogen-bond donors (Lipinski definition) is 1. The van der Waals surface area contributed by atoms with E-state index < -0.39 is 11.9 Å². The highest BCUT2D eigenvalue weighted by Gasteiger charge is 2.42. The Labute approximate surface area is 235 Å². The monoisotopic (exact) mass is 537 g/mol. The van der Waals surface area contributed by atoms with Crippen LogP contribution in [0.5, 0.6) is 5.75 Å². The topological polar surface area (TPSA) is 73.9 Å². The summed E-state index contributed by atoms with van der Waals surface area (Å²) in [5, 5.41) is 3.42. The summed E-state index contributed by atoms with van der Waals surface area (Å²) in [5.41, 5.74) is 5.53. The predicted octanol–water partition coefficient (Wildman–Crippen LogP) is 6.21. The van der Waals surface area contributed by atoms with Gasteiger partial charge >= 0.3 is 5.97 Å². The number of nitrogens with one attached hydrogen (secondary N) is 1. The van der Waals surface area contributed by atoms with Gasteiger partial charge in [0.05, 0.1) is 18.1 Å². The first kappa shape index (κ1) is 27.4. The largest absolute Gasteiger partial charge is 0.489 e. The zero-order valence-corrected chi connectivity index (χ0v) is 23.0. The quantitative estimate of drug-likeness (QED) is 0.245. The zero-order valence-electron chi connectivity index (χ0n) is 23.0. The Kier molecular flexibility index (Phi) is 8.77. The summed E-state index contributed by atoms with van der Waals surface area (Å²) >= 11 is 0. The van der Waals surface area contributed by atoms with Crippen LogP contribution in [0.25, 0.3) is 0 Å². The summed E-state index contributed by atoms with van der Waals surface area (Å²) in [6.45, 7) is 5.14. The van der Waals surface area contributed by atoms with Crippen molar-refractivity contribution in [2.24, 2.45) is 0 Å². The van der Waals surface area contributed by atoms with E-state index in [9.17, 15) is 9.59 Å². The maximum Gasteiger partial charge on any atom is 0.336 e. The molecule has 1 aliphatic heterocycles. The maximum absolute atomic E-state index is 13.9. The lowest BCUT2D eigenvalue weighted by atomic mass is 9.71. The molecular formula is C34H35NO5. The van der Waals surface area contributed by atoms with Crippen molar-refractivity contribution < 1.29 is 23.8 Å². The average molecular weight is 538 g/mol. The van der Waals surface area contributed by atoms with Gasteiger partial charge in [0.2, 0.25) is 0 Å². The number of para-hydroxylation sites is 1. The third-order valence-electron chi connectivity index (χ3n) is 7.45. The van der Waals surface area contributed by atoms with Gasteiger partial charge in [0.15, 0.2) is 5.78 Å². The molecule has 40 heavy (non-hydrogen) atoms. The van der Waals surface area contributed by atoms with Gasteiger partial charge in [0, 0.05) is 35.6 Å². The number of hydrogen-bond acceptors (Lipinski definition) is 6. The first-order valence-electron chi connectivity index (χ1n) is 13.9. The molecule has 3 aromatic carbocycles. The molecule has 2 aliphatic rings. The summed E-state index contributed by atoms with van der Waals surface area (Å²) in [5.74, 6) is -0.338. The Morgan fingerprint density at radius 1 is 0.900 bits per heavy atom. The van der Waals surface area contributed by atoms with Gasteiger partial charge in [-0.05, 0) is 43.4 Å². The molecule has 0 amide bonds. The molecule has 6 nitrogen and oxygen atoms in total. The minimum atomic E-state index is -0.605. The number of dihydropyridines is 1. The van der Waals surface area contributed by atoms with Gasteiger partial charge in [0.25, 0.3) is 0 Å². The number of Topliss-reactive ketones (excluding diaryl/α,β-unsaturated/α-hetero) is 1. The molecule has 1 aliphatic carbocycles. The van der Waals surface area contributed by atoms with Crippen LogP contribution in [-0.2, 0) is 25.7 Å². The normalized spacial score (nSPS) is 18.7. The highest BCUT2D eigenvalue weighted by molar-refractivity contribution is 6.04. The van der Waals surface area contributed by atoms with E-state index in [1.165, 1.54) is 0 Å². The van der Waals surface area contributed by atoms with Crippen LogP contribution >= 0.6 is 0 Å². The third-order valence-corrected chi connectivity index (χ3v) is 7.45. The Hall–Kier alpha value is -4.16. The molecule has 0 saturated carbocycles. The third kappa shape index (κ3) is 6.02. The number of benzene rings is 3. The lowest BCUT2D eigenvalue weighted by Crippen LogP contribution is -2.36. The molecule has 0 unspecified atom stereocenters. The molecule has 1 heterocycles. The van der Waals surface area contributed by atoms with E-state index in [2.05, 4.69) is 17.4 Å². The van der Waals surface area contributed by atoms with Crippen LogP contribution in [0.2, 0.25) is 0 Å². The van der Waals surface area contributed by atoms with E-state index in [0.717, 1.165) is 22.4 Å². The van der Waals surface area contributed by atoms with Crippen molar-refractivity contribution in [2.75, 3.05) is 19.8 Å². The van der Waals surface area contributed by atoms with Gasteiger partial charge in [-0.15, -0.1) is 0 Å². The van der Waals surface area contributed by atoms with Gasteiger partial charge in [-0.1, -0.05) is 78.9 Å². The molecule has 6 heteroatoms. The van der Waals surface area contributed by atoms with Gasteiger partial charge < -0.3 is 19.5 Å². The van der Waals surface area contributed by atoms with E-state index in [4.69, 9.17) is 14.2 Å². The lowest BCUT2D eigenvalue weighted by molar-refractivity contribution is -0.140. The van der Waals surface area contributed by atoms with Crippen molar-refractivity contribution in [3.8, 4) is 5.75 Å². The van der Waals surface area contributed by atoms with Gasteiger partial charge in [-0.3, -0.25) is 4.79 Å². The van der Waals surface area contributed by atoms with Gasteiger partial charge in [-0.25, -0.2) is 4.79 Å². The van der Waals surface area contributed by atoms with E-state index in [-0.39, 0.29) is 18.3 Å². The summed E-state index contributed by atoms with van der Waals surface area (Å²) in [6, 6.07) is 27.7. The molecule has 0 bridgehead atoms. The van der Waals surface area contributed by atoms with Crippen LogP contribution in [-0.4, -0.2) is 31.6 Å². The van der Waals surface area contributed by atoms with Gasteiger partial charge in [0.1, 0.15) is 19.0 Å². The van der Waals surface area contributed by atoms with Crippen molar-refractivity contribution in [1.82, 2.24) is 5.32 Å². The number of ketones is 1. The van der Waals surface area contributed by atoms with Crippen molar-refractivity contribution in [1.29, 1.82) is 0 Å². The van der Waals surface area contributed by atoms with E-state index >= 15 is 0 Å². The van der Waals surface area contributed by atoms with E-state index in [1.54, 1.807) is 0 Å². The highest BCUT2D eigenvalue weighted by Crippen LogP contribution is 2.47. The van der Waals surface area contributed by atoms with Crippen LogP contribution < -0.4 is 10.1 Å². The molecule has 0 saturated heterocycles. The number of carbonyl (C=O) groups excluding carboxylic acids is 2. The lowest BCUT2D eigenvalue weighted by Gasteiger charge is -2.37. The minimum Gasteiger partial charge on any atom is -0.489 e. The van der Waals surface area contributed by atoms with E-state index in [1.807, 2.05) is 86.6 Å². The molecule has 0 aromatic heterocycles. The van der Waals surface area contributed by atoms with E-state index in [0.29, 0.717) is 55.3 Å². The molecule has 5 rings (SSSR count). The minimum absolute atomic E-state index is 0.0255. The molecule has 0 radical (unpaired) electrons. The number of rotatable bonds is 10.